The van der Waals surface area contributed by atoms with Crippen molar-refractivity contribution in [1.82, 2.24) is 0 Å². The molecule has 4 rings (SSSR count). The first-order valence-corrected chi connectivity index (χ1v) is 11.0. The summed E-state index contributed by atoms with van der Waals surface area (Å²) in [5.74, 6) is -0.861. The summed E-state index contributed by atoms with van der Waals surface area (Å²) < 4.78 is 5.71. The molecule has 1 N–H and O–H groups in total. The first kappa shape index (κ1) is 22.3. The SMILES string of the molecule is Cc1ccc(C)c(/C(O)=C2\C(=O)C(=O)N(c3ccc(OC(C)C)cc3)C2c2ccccc2)c1. The molecule has 3 aromatic carbocycles. The minimum atomic E-state index is -0.747. The highest BCUT2D eigenvalue weighted by molar-refractivity contribution is 6.51. The Labute approximate surface area is 193 Å². The summed E-state index contributed by atoms with van der Waals surface area (Å²) in [5, 5.41) is 11.3. The summed E-state index contributed by atoms with van der Waals surface area (Å²) in [7, 11) is 0. The van der Waals surface area contributed by atoms with Crippen molar-refractivity contribution in [3.05, 3.63) is 101 Å². The molecule has 1 unspecified atom stereocenters. The number of ketones is 1. The summed E-state index contributed by atoms with van der Waals surface area (Å²) in [6, 6.07) is 21.3. The summed E-state index contributed by atoms with van der Waals surface area (Å²) in [6.07, 6.45) is 0.0203. The lowest BCUT2D eigenvalue weighted by atomic mass is 9.93. The molecule has 3 aromatic rings. The van der Waals surface area contributed by atoms with E-state index in [1.54, 1.807) is 24.3 Å². The fourth-order valence-electron chi connectivity index (χ4n) is 4.14. The fourth-order valence-corrected chi connectivity index (χ4v) is 4.14. The molecule has 5 nitrogen and oxygen atoms in total. The lowest BCUT2D eigenvalue weighted by Gasteiger charge is -2.26. The Hall–Kier alpha value is -3.86. The Morgan fingerprint density at radius 2 is 1.61 bits per heavy atom. The molecule has 168 valence electrons. The van der Waals surface area contributed by atoms with Gasteiger partial charge in [0.1, 0.15) is 11.5 Å². The zero-order valence-electron chi connectivity index (χ0n) is 19.2. The predicted octanol–water partition coefficient (Wildman–Crippen LogP) is 5.72. The molecule has 1 heterocycles. The van der Waals surface area contributed by atoms with Gasteiger partial charge in [0.25, 0.3) is 11.7 Å². The van der Waals surface area contributed by atoms with Gasteiger partial charge in [-0.2, -0.15) is 0 Å². The minimum Gasteiger partial charge on any atom is -0.507 e. The Bertz CT molecular complexity index is 1230. The molecule has 5 heteroatoms. The molecule has 0 saturated carbocycles. The summed E-state index contributed by atoms with van der Waals surface area (Å²) >= 11 is 0. The van der Waals surface area contributed by atoms with Gasteiger partial charge in [-0.15, -0.1) is 0 Å². The van der Waals surface area contributed by atoms with Gasteiger partial charge in [-0.05, 0) is 69.2 Å². The van der Waals surface area contributed by atoms with Gasteiger partial charge in [-0.3, -0.25) is 14.5 Å². The van der Waals surface area contributed by atoms with E-state index < -0.39 is 17.7 Å². The van der Waals surface area contributed by atoms with E-state index in [0.717, 1.165) is 16.7 Å². The number of hydrogen-bond donors (Lipinski definition) is 1. The molecule has 1 fully saturated rings. The van der Waals surface area contributed by atoms with Crippen LogP contribution in [0.3, 0.4) is 0 Å². The van der Waals surface area contributed by atoms with Crippen molar-refractivity contribution in [3.63, 3.8) is 0 Å². The van der Waals surface area contributed by atoms with Crippen LogP contribution in [0.2, 0.25) is 0 Å². The number of Topliss-reactive ketones (excluding diaryl/α,β-unsaturated/α-hetero) is 1. The summed E-state index contributed by atoms with van der Waals surface area (Å²) in [4.78, 5) is 28.0. The highest BCUT2D eigenvalue weighted by atomic mass is 16.5. The topological polar surface area (TPSA) is 66.8 Å². The summed E-state index contributed by atoms with van der Waals surface area (Å²) in [6.45, 7) is 7.67. The molecule has 1 amide bonds. The Morgan fingerprint density at radius 1 is 0.939 bits per heavy atom. The van der Waals surface area contributed by atoms with E-state index in [2.05, 4.69) is 0 Å². The number of amides is 1. The van der Waals surface area contributed by atoms with Gasteiger partial charge in [0.2, 0.25) is 0 Å². The Balaban J connectivity index is 1.88. The van der Waals surface area contributed by atoms with Crippen LogP contribution in [0, 0.1) is 13.8 Å². The third-order valence-electron chi connectivity index (χ3n) is 5.69. The number of benzene rings is 3. The van der Waals surface area contributed by atoms with Crippen molar-refractivity contribution in [2.75, 3.05) is 4.90 Å². The van der Waals surface area contributed by atoms with Crippen LogP contribution in [0.4, 0.5) is 5.69 Å². The predicted molar refractivity (Wildman–Crippen MR) is 129 cm³/mol. The Morgan fingerprint density at radius 3 is 2.24 bits per heavy atom. The van der Waals surface area contributed by atoms with E-state index in [0.29, 0.717) is 17.0 Å². The number of aliphatic hydroxyl groups is 1. The van der Waals surface area contributed by atoms with Gasteiger partial charge in [0, 0.05) is 11.3 Å². The van der Waals surface area contributed by atoms with Crippen LogP contribution >= 0.6 is 0 Å². The van der Waals surface area contributed by atoms with Gasteiger partial charge in [0.05, 0.1) is 17.7 Å². The first-order chi connectivity index (χ1) is 15.8. The van der Waals surface area contributed by atoms with Gasteiger partial charge in [-0.25, -0.2) is 0 Å². The molecule has 0 radical (unpaired) electrons. The van der Waals surface area contributed by atoms with E-state index in [9.17, 15) is 14.7 Å². The van der Waals surface area contributed by atoms with E-state index in [4.69, 9.17) is 4.74 Å². The van der Waals surface area contributed by atoms with E-state index >= 15 is 0 Å². The van der Waals surface area contributed by atoms with Crippen molar-refractivity contribution in [1.29, 1.82) is 0 Å². The van der Waals surface area contributed by atoms with Gasteiger partial charge < -0.3 is 9.84 Å². The Kier molecular flexibility index (Phi) is 6.05. The van der Waals surface area contributed by atoms with Crippen LogP contribution in [0.5, 0.6) is 5.75 Å². The molecule has 0 spiro atoms. The lowest BCUT2D eigenvalue weighted by Crippen LogP contribution is -2.29. The smallest absolute Gasteiger partial charge is 0.300 e. The molecule has 1 saturated heterocycles. The van der Waals surface area contributed by atoms with Crippen molar-refractivity contribution >= 4 is 23.1 Å². The number of hydrogen-bond acceptors (Lipinski definition) is 4. The van der Waals surface area contributed by atoms with Crippen LogP contribution < -0.4 is 9.64 Å². The number of nitrogens with zero attached hydrogens (tertiary/aromatic N) is 1. The van der Waals surface area contributed by atoms with Gasteiger partial charge >= 0.3 is 0 Å². The molecule has 0 aromatic heterocycles. The molecule has 0 aliphatic carbocycles. The molecular weight excluding hydrogens is 414 g/mol. The van der Waals surface area contributed by atoms with Crippen LogP contribution in [-0.4, -0.2) is 22.9 Å². The fraction of sp³-hybridized carbons (Fsp3) is 0.214. The highest BCUT2D eigenvalue weighted by Gasteiger charge is 2.47. The average Bonchev–Trinajstić information content (AvgIpc) is 3.06. The average molecular weight is 442 g/mol. The largest absolute Gasteiger partial charge is 0.507 e. The van der Waals surface area contributed by atoms with Crippen molar-refractivity contribution in [2.24, 2.45) is 0 Å². The van der Waals surface area contributed by atoms with Gasteiger partial charge in [0.15, 0.2) is 0 Å². The van der Waals surface area contributed by atoms with Crippen LogP contribution in [0.1, 0.15) is 42.1 Å². The monoisotopic (exact) mass is 441 g/mol. The molecule has 0 bridgehead atoms. The molecule has 1 atom stereocenters. The number of aliphatic hydroxyl groups excluding tert-OH is 1. The molecule has 1 aliphatic rings. The number of anilines is 1. The third kappa shape index (κ3) is 4.27. The lowest BCUT2D eigenvalue weighted by molar-refractivity contribution is -0.132. The molecule has 33 heavy (non-hydrogen) atoms. The maximum Gasteiger partial charge on any atom is 0.300 e. The maximum absolute atomic E-state index is 13.3. The number of carbonyl (C=O) groups is 2. The third-order valence-corrected chi connectivity index (χ3v) is 5.69. The van der Waals surface area contributed by atoms with Gasteiger partial charge in [-0.1, -0.05) is 48.0 Å². The zero-order valence-corrected chi connectivity index (χ0v) is 19.2. The highest BCUT2D eigenvalue weighted by Crippen LogP contribution is 2.42. The zero-order chi connectivity index (χ0) is 23.7. The maximum atomic E-state index is 13.3. The minimum absolute atomic E-state index is 0.0203. The second kappa shape index (κ2) is 8.94. The quantitative estimate of drug-likeness (QED) is 0.313. The summed E-state index contributed by atoms with van der Waals surface area (Å²) in [5.41, 5.74) is 3.71. The van der Waals surface area contributed by atoms with E-state index in [1.807, 2.05) is 76.2 Å². The first-order valence-electron chi connectivity index (χ1n) is 11.0. The normalized spacial score (nSPS) is 17.6. The van der Waals surface area contributed by atoms with Crippen molar-refractivity contribution in [3.8, 4) is 5.75 Å². The standard InChI is InChI=1S/C28H27NO4/c1-17(2)33-22-14-12-21(13-15-22)29-25(20-8-6-5-7-9-20)24(27(31)28(29)32)26(30)23-16-18(3)10-11-19(23)4/h5-17,25,30H,1-4H3/b26-24+. The van der Waals surface area contributed by atoms with Crippen molar-refractivity contribution in [2.45, 2.75) is 39.8 Å². The van der Waals surface area contributed by atoms with Crippen molar-refractivity contribution < 1.29 is 19.4 Å². The molecule has 1 aliphatic heterocycles. The second-order valence-electron chi connectivity index (χ2n) is 8.56. The van der Waals surface area contributed by atoms with Crippen LogP contribution in [-0.2, 0) is 9.59 Å². The van der Waals surface area contributed by atoms with Crippen LogP contribution in [0.15, 0.2) is 78.4 Å². The number of ether oxygens (including phenoxy) is 1. The number of aryl methyl sites for hydroxylation is 2. The number of rotatable bonds is 5. The van der Waals surface area contributed by atoms with Crippen LogP contribution in [0.25, 0.3) is 5.76 Å². The second-order valence-corrected chi connectivity index (χ2v) is 8.56. The molecular formula is C28H27NO4. The van der Waals surface area contributed by atoms with E-state index in [1.165, 1.54) is 4.90 Å². The number of carbonyl (C=O) groups excluding carboxylic acids is 2. The van der Waals surface area contributed by atoms with E-state index in [-0.39, 0.29) is 17.4 Å².